The monoisotopic (exact) mass is 356 g/mol. The molecule has 0 saturated carbocycles. The van der Waals surface area contributed by atoms with Crippen molar-refractivity contribution in [1.29, 1.82) is 0 Å². The van der Waals surface area contributed by atoms with E-state index in [4.69, 9.17) is 27.9 Å². The molecule has 0 radical (unpaired) electrons. The van der Waals surface area contributed by atoms with Crippen LogP contribution < -0.4 is 0 Å². The fourth-order valence-electron chi connectivity index (χ4n) is 2.34. The van der Waals surface area contributed by atoms with E-state index in [0.29, 0.717) is 8.97 Å². The summed E-state index contributed by atoms with van der Waals surface area (Å²) in [4.78, 5) is 0. The van der Waals surface area contributed by atoms with Crippen LogP contribution in [0.25, 0.3) is 0 Å². The van der Waals surface area contributed by atoms with Crippen LogP contribution in [0.1, 0.15) is 46.0 Å². The Balaban J connectivity index is 4.80. The molecular weight excluding hydrogens is 319 g/mol. The van der Waals surface area contributed by atoms with Crippen molar-refractivity contribution in [3.63, 3.8) is 0 Å². The average molecular weight is 357 g/mol. The van der Waals surface area contributed by atoms with E-state index in [1.165, 1.54) is 25.7 Å². The summed E-state index contributed by atoms with van der Waals surface area (Å²) < 4.78 is 7.56. The van der Waals surface area contributed by atoms with E-state index < -0.39 is 0 Å². The second kappa shape index (κ2) is 9.68. The van der Waals surface area contributed by atoms with Crippen molar-refractivity contribution in [3.05, 3.63) is 0 Å². The van der Waals surface area contributed by atoms with Gasteiger partial charge >= 0.3 is 0 Å². The minimum Gasteiger partial charge on any atom is -0.360 e. The van der Waals surface area contributed by atoms with E-state index in [2.05, 4.69) is 56.1 Å². The number of rotatable bonds is 11. The van der Waals surface area contributed by atoms with Crippen LogP contribution in [-0.2, 0) is 4.74 Å². The minimum atomic E-state index is -0.190. The fraction of sp³-hybridized carbons (Fsp3) is 1.00. The average Bonchev–Trinajstić information content (AvgIpc) is 2.37. The number of ether oxygens (including phenoxy) is 1. The molecule has 0 aromatic carbocycles. The summed E-state index contributed by atoms with van der Waals surface area (Å²) in [5.41, 5.74) is -0.365. The van der Waals surface area contributed by atoms with Crippen LogP contribution in [0.2, 0.25) is 0 Å². The highest BCUT2D eigenvalue weighted by Crippen LogP contribution is 2.27. The number of unbranched alkanes of at least 4 members (excludes halogenated alkanes) is 3. The minimum absolute atomic E-state index is 0.182. The Hall–Kier alpha value is 0.460. The molecule has 0 rings (SSSR count). The predicted octanol–water partition coefficient (Wildman–Crippen LogP) is 4.27. The van der Waals surface area contributed by atoms with Crippen LogP contribution in [0.5, 0.6) is 0 Å². The molecule has 3 nitrogen and oxygen atoms in total. The third-order valence-electron chi connectivity index (χ3n) is 3.88. The van der Waals surface area contributed by atoms with Gasteiger partial charge in [0.2, 0.25) is 0 Å². The van der Waals surface area contributed by atoms with Gasteiger partial charge in [-0.25, -0.2) is 0 Å². The van der Waals surface area contributed by atoms with Gasteiger partial charge in [0.1, 0.15) is 0 Å². The summed E-state index contributed by atoms with van der Waals surface area (Å²) in [7, 11) is 12.5. The van der Waals surface area contributed by atoms with Crippen LogP contribution in [0.15, 0.2) is 0 Å². The van der Waals surface area contributed by atoms with Gasteiger partial charge in [-0.15, -0.1) is 0 Å². The summed E-state index contributed by atoms with van der Waals surface area (Å²) in [6.07, 6.45) is 6.09. The van der Waals surface area contributed by atoms with Gasteiger partial charge in [0.05, 0.1) is 48.4 Å². The van der Waals surface area contributed by atoms with E-state index in [9.17, 15) is 0 Å². The molecule has 3 unspecified atom stereocenters. The molecule has 0 bridgehead atoms. The summed E-state index contributed by atoms with van der Waals surface area (Å²) in [6, 6.07) is 0. The third kappa shape index (κ3) is 8.35. The Bertz CT molecular complexity index is 280. The van der Waals surface area contributed by atoms with Crippen molar-refractivity contribution < 1.29 is 13.7 Å². The maximum atomic E-state index is 6.70. The summed E-state index contributed by atoms with van der Waals surface area (Å²) in [5.74, 6) is 0. The Morgan fingerprint density at radius 3 is 1.64 bits per heavy atom. The largest absolute Gasteiger partial charge is 0.360 e. The van der Waals surface area contributed by atoms with Crippen LogP contribution in [0, 0.1) is 0 Å². The van der Waals surface area contributed by atoms with E-state index in [1.807, 2.05) is 0 Å². The molecule has 0 aliphatic heterocycles. The van der Waals surface area contributed by atoms with Gasteiger partial charge in [0, 0.05) is 0 Å². The Morgan fingerprint density at radius 1 is 0.818 bits per heavy atom. The second-order valence-electron chi connectivity index (χ2n) is 8.24. The number of alkyl halides is 2. The lowest BCUT2D eigenvalue weighted by atomic mass is 10.1. The van der Waals surface area contributed by atoms with Gasteiger partial charge in [-0.1, -0.05) is 55.8 Å². The number of hydrogen-bond donors (Lipinski definition) is 0. The smallest absolute Gasteiger partial charge is 0.198 e. The Morgan fingerprint density at radius 2 is 1.27 bits per heavy atom. The maximum Gasteiger partial charge on any atom is 0.198 e. The second-order valence-corrected chi connectivity index (χ2v) is 9.13. The molecular formula is C17H38Cl2N2O+2. The van der Waals surface area contributed by atoms with Crippen LogP contribution in [0.3, 0.4) is 0 Å². The van der Waals surface area contributed by atoms with Crippen LogP contribution in [0.4, 0.5) is 0 Å². The molecule has 5 heteroatoms. The highest BCUT2D eigenvalue weighted by atomic mass is 35.5. The van der Waals surface area contributed by atoms with Gasteiger partial charge in [-0.3, -0.25) is 0 Å². The number of quaternary nitrogens is 2. The maximum absolute atomic E-state index is 6.70. The fourth-order valence-corrected chi connectivity index (χ4v) is 2.81. The third-order valence-corrected chi connectivity index (χ3v) is 5.54. The van der Waals surface area contributed by atoms with Crippen molar-refractivity contribution in [2.24, 2.45) is 0 Å². The van der Waals surface area contributed by atoms with E-state index >= 15 is 0 Å². The summed E-state index contributed by atoms with van der Waals surface area (Å²) in [5, 5.41) is 0. The molecule has 0 N–H and O–H groups in total. The molecule has 3 atom stereocenters. The van der Waals surface area contributed by atoms with Gasteiger partial charge in [0.25, 0.3) is 0 Å². The standard InChI is InChI=1S/C17H38Cl2N2O/c1-9-10-11-12-13-14(2)22-15(16(18)20(3,4)5)17(19)21(6,7)8/h14-17H,9-13H2,1-8H3/q+2. The topological polar surface area (TPSA) is 9.23 Å². The first-order valence-corrected chi connectivity index (χ1v) is 9.34. The highest BCUT2D eigenvalue weighted by molar-refractivity contribution is 6.23. The summed E-state index contributed by atoms with van der Waals surface area (Å²) in [6.45, 7) is 4.37. The van der Waals surface area contributed by atoms with Gasteiger partial charge < -0.3 is 13.7 Å². The Kier molecular flexibility index (Phi) is 9.88. The predicted molar refractivity (Wildman–Crippen MR) is 98.4 cm³/mol. The van der Waals surface area contributed by atoms with E-state index in [1.54, 1.807) is 0 Å². The van der Waals surface area contributed by atoms with Crippen molar-refractivity contribution in [2.75, 3.05) is 42.3 Å². The molecule has 0 aromatic rings. The molecule has 0 saturated heterocycles. The zero-order valence-electron chi connectivity index (χ0n) is 15.9. The molecule has 0 aromatic heterocycles. The molecule has 0 aliphatic rings. The first-order valence-electron chi connectivity index (χ1n) is 8.47. The first-order chi connectivity index (χ1) is 9.91. The molecule has 134 valence electrons. The van der Waals surface area contributed by atoms with Crippen molar-refractivity contribution in [1.82, 2.24) is 0 Å². The van der Waals surface area contributed by atoms with Crippen LogP contribution in [-0.4, -0.2) is 74.5 Å². The first kappa shape index (κ1) is 22.5. The zero-order chi connectivity index (χ0) is 17.6. The number of likely N-dealkylation sites (N-methyl/N-ethyl adjacent to an activating group) is 2. The van der Waals surface area contributed by atoms with Crippen molar-refractivity contribution in [3.8, 4) is 0 Å². The van der Waals surface area contributed by atoms with E-state index in [-0.39, 0.29) is 23.2 Å². The van der Waals surface area contributed by atoms with Gasteiger partial charge in [0.15, 0.2) is 17.1 Å². The molecule has 0 amide bonds. The normalized spacial score (nSPS) is 18.8. The quantitative estimate of drug-likeness (QED) is 0.232. The van der Waals surface area contributed by atoms with Gasteiger partial charge in [-0.05, 0) is 13.3 Å². The number of nitrogens with zero attached hydrogens (tertiary/aromatic N) is 2. The van der Waals surface area contributed by atoms with Crippen LogP contribution >= 0.6 is 23.2 Å². The molecule has 0 heterocycles. The lowest BCUT2D eigenvalue weighted by Gasteiger charge is -2.41. The number of halogens is 2. The SMILES string of the molecule is CCCCCCC(C)OC(C(Cl)[N+](C)(C)C)C(Cl)[N+](C)(C)C. The highest BCUT2D eigenvalue weighted by Gasteiger charge is 2.43. The summed E-state index contributed by atoms with van der Waals surface area (Å²) >= 11 is 13.4. The molecule has 22 heavy (non-hydrogen) atoms. The lowest BCUT2D eigenvalue weighted by Crippen LogP contribution is -2.59. The molecule has 0 aliphatic carbocycles. The molecule has 0 fully saturated rings. The van der Waals surface area contributed by atoms with E-state index in [0.717, 1.165) is 6.42 Å². The lowest BCUT2D eigenvalue weighted by molar-refractivity contribution is -0.910. The Labute approximate surface area is 148 Å². The van der Waals surface area contributed by atoms with Gasteiger partial charge in [-0.2, -0.15) is 0 Å². The zero-order valence-corrected chi connectivity index (χ0v) is 17.4. The number of hydrogen-bond acceptors (Lipinski definition) is 1. The van der Waals surface area contributed by atoms with Crippen molar-refractivity contribution >= 4 is 23.2 Å². The van der Waals surface area contributed by atoms with Crippen molar-refractivity contribution in [2.45, 2.75) is 69.2 Å². The molecule has 0 spiro atoms.